The van der Waals surface area contributed by atoms with E-state index in [1.807, 2.05) is 0 Å². The van der Waals surface area contributed by atoms with Crippen molar-refractivity contribution in [1.29, 1.82) is 0 Å². The second-order valence-electron chi connectivity index (χ2n) is 9.76. The molecule has 3 heterocycles. The molecule has 0 bridgehead atoms. The Hall–Kier alpha value is -4.20. The molecule has 15 heteroatoms. The number of aryl methyl sites for hydroxylation is 1. The number of alkyl halides is 6. The number of carbonyl (C=O) groups is 2. The van der Waals surface area contributed by atoms with Gasteiger partial charge in [-0.25, -0.2) is 0 Å². The zero-order valence-electron chi connectivity index (χ0n) is 21.7. The van der Waals surface area contributed by atoms with Crippen molar-refractivity contribution in [3.05, 3.63) is 88.0 Å². The second kappa shape index (κ2) is 10.9. The van der Waals surface area contributed by atoms with Crippen molar-refractivity contribution in [3.8, 4) is 0 Å². The Balaban J connectivity index is 1.44. The smallest absolute Gasteiger partial charge is 0.347 e. The molecule has 0 spiro atoms. The van der Waals surface area contributed by atoms with Crippen LogP contribution in [-0.2, 0) is 19.4 Å². The SMILES string of the molecule is Cn1nc(C(F)(F)F)cc1C(=O)N[C@H]1CCN(C(=O)c2cc(Cl)c3nccnc3c2)C[C@@H]1c1ccc(C(F)(F)F)cc1. The molecule has 0 radical (unpaired) electrons. The van der Waals surface area contributed by atoms with Crippen LogP contribution in [0.2, 0.25) is 5.02 Å². The molecule has 1 fully saturated rings. The lowest BCUT2D eigenvalue weighted by Gasteiger charge is -2.39. The molecule has 1 aliphatic heterocycles. The maximum Gasteiger partial charge on any atom is 0.435 e. The van der Waals surface area contributed by atoms with E-state index in [0.717, 1.165) is 16.8 Å². The van der Waals surface area contributed by atoms with Gasteiger partial charge in [0.15, 0.2) is 5.69 Å². The summed E-state index contributed by atoms with van der Waals surface area (Å²) in [5.41, 5.74) is -1.05. The van der Waals surface area contributed by atoms with E-state index in [1.54, 1.807) is 0 Å². The normalized spacial score (nSPS) is 17.9. The maximum atomic E-state index is 13.5. The van der Waals surface area contributed by atoms with E-state index < -0.39 is 47.4 Å². The molecular formula is C27H21ClF6N6O2. The molecule has 0 unspecified atom stereocenters. The Kier molecular flexibility index (Phi) is 7.60. The summed E-state index contributed by atoms with van der Waals surface area (Å²) in [5.74, 6) is -1.96. The standard InChI is InChI=1S/C27H21ClF6N6O2/c1-39-21(12-22(38-39)27(32,33)34)24(41)37-19-6-9-40(13-17(19)14-2-4-16(5-3-14)26(29,30)31)25(42)15-10-18(28)23-20(11-15)35-7-8-36-23/h2-5,7-8,10-12,17,19H,6,9,13H2,1H3,(H,37,41)/t17-,19+/m1/s1. The molecule has 0 saturated carbocycles. The Morgan fingerprint density at radius 3 is 2.31 bits per heavy atom. The molecule has 5 rings (SSSR count). The number of carbonyl (C=O) groups excluding carboxylic acids is 2. The van der Waals surface area contributed by atoms with Gasteiger partial charge in [-0.3, -0.25) is 24.2 Å². The average molecular weight is 611 g/mol. The largest absolute Gasteiger partial charge is 0.435 e. The summed E-state index contributed by atoms with van der Waals surface area (Å²) in [6.07, 6.45) is -6.27. The third-order valence-electron chi connectivity index (χ3n) is 7.06. The molecule has 2 amide bonds. The molecule has 8 nitrogen and oxygen atoms in total. The van der Waals surface area contributed by atoms with Crippen LogP contribution >= 0.6 is 11.6 Å². The number of amides is 2. The molecular weight excluding hydrogens is 590 g/mol. The number of halogens is 7. The molecule has 1 aliphatic rings. The number of hydrogen-bond acceptors (Lipinski definition) is 5. The number of fused-ring (bicyclic) bond motifs is 1. The number of hydrogen-bond donors (Lipinski definition) is 1. The van der Waals surface area contributed by atoms with Crippen molar-refractivity contribution >= 4 is 34.4 Å². The lowest BCUT2D eigenvalue weighted by molar-refractivity contribution is -0.141. The van der Waals surface area contributed by atoms with Crippen LogP contribution in [0.1, 0.15) is 50.0 Å². The van der Waals surface area contributed by atoms with Gasteiger partial charge >= 0.3 is 12.4 Å². The predicted molar refractivity (Wildman–Crippen MR) is 139 cm³/mol. The summed E-state index contributed by atoms with van der Waals surface area (Å²) < 4.78 is 79.8. The highest BCUT2D eigenvalue weighted by Gasteiger charge is 2.38. The Bertz CT molecular complexity index is 1650. The van der Waals surface area contributed by atoms with Crippen molar-refractivity contribution in [2.24, 2.45) is 7.05 Å². The lowest BCUT2D eigenvalue weighted by Crippen LogP contribution is -2.51. The molecule has 42 heavy (non-hydrogen) atoms. The van der Waals surface area contributed by atoms with Crippen LogP contribution in [0.15, 0.2) is 54.9 Å². The molecule has 0 aliphatic carbocycles. The van der Waals surface area contributed by atoms with Gasteiger partial charge in [0.25, 0.3) is 11.8 Å². The number of likely N-dealkylation sites (tertiary alicyclic amines) is 1. The highest BCUT2D eigenvalue weighted by Crippen LogP contribution is 2.34. The highest BCUT2D eigenvalue weighted by atomic mass is 35.5. The number of piperidine rings is 1. The fourth-order valence-electron chi connectivity index (χ4n) is 4.97. The Labute approximate surface area is 239 Å². The monoisotopic (exact) mass is 610 g/mol. The van der Waals surface area contributed by atoms with Gasteiger partial charge in [0.1, 0.15) is 11.2 Å². The first-order valence-electron chi connectivity index (χ1n) is 12.5. The number of rotatable bonds is 4. The minimum absolute atomic E-state index is 0.00947. The van der Waals surface area contributed by atoms with Gasteiger partial charge < -0.3 is 10.2 Å². The lowest BCUT2D eigenvalue weighted by atomic mass is 9.85. The quantitative estimate of drug-likeness (QED) is 0.309. The molecule has 2 atom stereocenters. The first kappa shape index (κ1) is 29.3. The number of benzene rings is 2. The van der Waals surface area contributed by atoms with Crippen molar-refractivity contribution in [2.75, 3.05) is 13.1 Å². The highest BCUT2D eigenvalue weighted by molar-refractivity contribution is 6.35. The van der Waals surface area contributed by atoms with E-state index in [9.17, 15) is 35.9 Å². The van der Waals surface area contributed by atoms with Crippen LogP contribution in [0.3, 0.4) is 0 Å². The fraction of sp³-hybridized carbons (Fsp3) is 0.296. The van der Waals surface area contributed by atoms with E-state index in [4.69, 9.17) is 11.6 Å². The summed E-state index contributed by atoms with van der Waals surface area (Å²) in [5, 5.41) is 6.26. The van der Waals surface area contributed by atoms with Gasteiger partial charge in [0.05, 0.1) is 16.1 Å². The van der Waals surface area contributed by atoms with Crippen LogP contribution in [0, 0.1) is 0 Å². The van der Waals surface area contributed by atoms with Crippen LogP contribution in [-0.4, -0.2) is 55.6 Å². The fourth-order valence-corrected chi connectivity index (χ4v) is 5.23. The van der Waals surface area contributed by atoms with E-state index in [0.29, 0.717) is 22.7 Å². The molecule has 1 N–H and O–H groups in total. The summed E-state index contributed by atoms with van der Waals surface area (Å²) in [4.78, 5) is 36.4. The van der Waals surface area contributed by atoms with E-state index >= 15 is 0 Å². The zero-order chi connectivity index (χ0) is 30.4. The molecule has 2 aromatic heterocycles. The van der Waals surface area contributed by atoms with Crippen molar-refractivity contribution in [3.63, 3.8) is 0 Å². The van der Waals surface area contributed by atoms with Gasteiger partial charge in [-0.15, -0.1) is 0 Å². The van der Waals surface area contributed by atoms with Gasteiger partial charge in [0, 0.05) is 56.1 Å². The van der Waals surface area contributed by atoms with Crippen LogP contribution in [0.5, 0.6) is 0 Å². The number of nitrogens with one attached hydrogen (secondary N) is 1. The number of nitrogens with zero attached hydrogens (tertiary/aromatic N) is 5. The summed E-state index contributed by atoms with van der Waals surface area (Å²) >= 11 is 6.31. The maximum absolute atomic E-state index is 13.5. The second-order valence-corrected chi connectivity index (χ2v) is 10.2. The molecule has 220 valence electrons. The Morgan fingerprint density at radius 2 is 1.67 bits per heavy atom. The minimum Gasteiger partial charge on any atom is -0.347 e. The molecule has 4 aromatic rings. The first-order chi connectivity index (χ1) is 19.7. The van der Waals surface area contributed by atoms with E-state index in [-0.39, 0.29) is 35.8 Å². The Morgan fingerprint density at radius 1 is 0.976 bits per heavy atom. The molecule has 2 aromatic carbocycles. The van der Waals surface area contributed by atoms with Crippen molar-refractivity contribution in [1.82, 2.24) is 30.0 Å². The van der Waals surface area contributed by atoms with Crippen LogP contribution in [0.25, 0.3) is 11.0 Å². The predicted octanol–water partition coefficient (Wildman–Crippen LogP) is 5.48. The van der Waals surface area contributed by atoms with Gasteiger partial charge in [-0.2, -0.15) is 31.4 Å². The summed E-state index contributed by atoms with van der Waals surface area (Å²) in [6.45, 7) is 0.126. The van der Waals surface area contributed by atoms with Gasteiger partial charge in [-0.1, -0.05) is 23.7 Å². The van der Waals surface area contributed by atoms with Gasteiger partial charge in [0.2, 0.25) is 0 Å². The van der Waals surface area contributed by atoms with Crippen molar-refractivity contribution in [2.45, 2.75) is 30.7 Å². The first-order valence-corrected chi connectivity index (χ1v) is 12.9. The zero-order valence-corrected chi connectivity index (χ0v) is 22.4. The molecule has 1 saturated heterocycles. The number of aromatic nitrogens is 4. The van der Waals surface area contributed by atoms with Gasteiger partial charge in [-0.05, 0) is 36.2 Å². The third-order valence-corrected chi connectivity index (χ3v) is 7.35. The van der Waals surface area contributed by atoms with Crippen LogP contribution < -0.4 is 5.32 Å². The minimum atomic E-state index is -4.76. The van der Waals surface area contributed by atoms with E-state index in [2.05, 4.69) is 20.4 Å². The van der Waals surface area contributed by atoms with Crippen LogP contribution in [0.4, 0.5) is 26.3 Å². The summed E-state index contributed by atoms with van der Waals surface area (Å²) in [6, 6.07) is 7.17. The third kappa shape index (κ3) is 5.89. The average Bonchev–Trinajstić information content (AvgIpc) is 3.35. The van der Waals surface area contributed by atoms with E-state index in [1.165, 1.54) is 48.6 Å². The topological polar surface area (TPSA) is 93.0 Å². The van der Waals surface area contributed by atoms with Crippen molar-refractivity contribution < 1.29 is 35.9 Å². The summed E-state index contributed by atoms with van der Waals surface area (Å²) in [7, 11) is 1.19.